The minimum Gasteiger partial charge on any atom is -0.489 e. The summed E-state index contributed by atoms with van der Waals surface area (Å²) >= 11 is 1.27. The van der Waals surface area contributed by atoms with Crippen molar-refractivity contribution in [2.75, 3.05) is 44.2 Å². The number of hydrogen-bond acceptors (Lipinski definition) is 8. The average Bonchev–Trinajstić information content (AvgIpc) is 3.10. The lowest BCUT2D eigenvalue weighted by Gasteiger charge is -2.36. The van der Waals surface area contributed by atoms with Crippen molar-refractivity contribution in [3.63, 3.8) is 0 Å². The summed E-state index contributed by atoms with van der Waals surface area (Å²) in [6.45, 7) is 7.36. The molecule has 0 aromatic heterocycles. The van der Waals surface area contributed by atoms with Crippen LogP contribution in [0.25, 0.3) is 0 Å². The van der Waals surface area contributed by atoms with Crippen LogP contribution < -0.4 is 14.4 Å². The van der Waals surface area contributed by atoms with Crippen molar-refractivity contribution in [2.45, 2.75) is 42.3 Å². The molecule has 0 spiro atoms. The molecule has 206 valence electrons. The van der Waals surface area contributed by atoms with Crippen LogP contribution in [0.15, 0.2) is 83.8 Å². The molecule has 39 heavy (non-hydrogen) atoms. The fourth-order valence-corrected chi connectivity index (χ4v) is 6.05. The van der Waals surface area contributed by atoms with Crippen molar-refractivity contribution in [3.05, 3.63) is 84.4 Å². The number of rotatable bonds is 9. The third-order valence-corrected chi connectivity index (χ3v) is 8.41. The second-order valence-corrected chi connectivity index (χ2v) is 11.1. The van der Waals surface area contributed by atoms with Gasteiger partial charge in [0.2, 0.25) is 0 Å². The van der Waals surface area contributed by atoms with Gasteiger partial charge < -0.3 is 24.2 Å². The van der Waals surface area contributed by atoms with Gasteiger partial charge in [0.25, 0.3) is 0 Å². The standard InChI is InChI=1S/C31H36N2O5S/c1-23-29(34)30(39-28-21-26(13-14-27(28)38-23)37-22-24-9-4-2-5-10-24)31(35)36-20-8-15-32-16-18-33(19-17-32)25-11-6-3-7-12-25/h2-7,9-14,21,23,29-30,34H,8,15-20,22H2,1H3/t23?,29-,30+/m0/s1. The van der Waals surface area contributed by atoms with Crippen LogP contribution in [0.4, 0.5) is 5.69 Å². The lowest BCUT2D eigenvalue weighted by Crippen LogP contribution is -2.46. The molecule has 1 fully saturated rings. The highest BCUT2D eigenvalue weighted by atomic mass is 32.2. The predicted octanol–water partition coefficient (Wildman–Crippen LogP) is 4.62. The number of aliphatic hydroxyl groups is 1. The number of nitrogens with zero attached hydrogens (tertiary/aromatic N) is 2. The SMILES string of the molecule is CC1Oc2ccc(OCc3ccccc3)cc2S[C@@H](C(=O)OCCCN2CCN(c3ccccc3)CC2)[C@H]1O. The van der Waals surface area contributed by atoms with Crippen molar-refractivity contribution in [1.29, 1.82) is 0 Å². The number of hydrogen-bond donors (Lipinski definition) is 1. The van der Waals surface area contributed by atoms with E-state index >= 15 is 0 Å². The van der Waals surface area contributed by atoms with E-state index in [9.17, 15) is 9.90 Å². The van der Waals surface area contributed by atoms with E-state index in [0.717, 1.165) is 49.6 Å². The van der Waals surface area contributed by atoms with Gasteiger partial charge in [-0.2, -0.15) is 0 Å². The molecule has 0 saturated carbocycles. The van der Waals surface area contributed by atoms with Gasteiger partial charge in [0, 0.05) is 38.4 Å². The number of piperazine rings is 1. The number of carbonyl (C=O) groups is 1. The van der Waals surface area contributed by atoms with E-state index in [-0.39, 0.29) is 0 Å². The van der Waals surface area contributed by atoms with Gasteiger partial charge in [-0.3, -0.25) is 9.69 Å². The van der Waals surface area contributed by atoms with Crippen LogP contribution in [0, 0.1) is 0 Å². The highest BCUT2D eigenvalue weighted by Gasteiger charge is 2.38. The van der Waals surface area contributed by atoms with Crippen LogP contribution in [0.3, 0.4) is 0 Å². The summed E-state index contributed by atoms with van der Waals surface area (Å²) < 4.78 is 17.6. The number of thioether (sulfide) groups is 1. The largest absolute Gasteiger partial charge is 0.489 e. The summed E-state index contributed by atoms with van der Waals surface area (Å²) in [6.07, 6.45) is -0.784. The van der Waals surface area contributed by atoms with Crippen LogP contribution in [-0.4, -0.2) is 72.8 Å². The van der Waals surface area contributed by atoms with Crippen LogP contribution in [0.1, 0.15) is 18.9 Å². The Bertz CT molecular complexity index is 1200. The third kappa shape index (κ3) is 7.26. The zero-order valence-corrected chi connectivity index (χ0v) is 23.1. The van der Waals surface area contributed by atoms with Crippen molar-refractivity contribution in [1.82, 2.24) is 4.90 Å². The fourth-order valence-electron chi connectivity index (χ4n) is 4.83. The summed E-state index contributed by atoms with van der Waals surface area (Å²) in [5.74, 6) is 0.890. The molecular weight excluding hydrogens is 512 g/mol. The summed E-state index contributed by atoms with van der Waals surface area (Å²) in [5.41, 5.74) is 2.33. The highest BCUT2D eigenvalue weighted by molar-refractivity contribution is 8.00. The van der Waals surface area contributed by atoms with Crippen LogP contribution in [-0.2, 0) is 16.1 Å². The van der Waals surface area contributed by atoms with Gasteiger partial charge in [-0.25, -0.2) is 0 Å². The molecule has 0 bridgehead atoms. The molecule has 3 aromatic carbocycles. The molecule has 2 heterocycles. The number of anilines is 1. The number of ether oxygens (including phenoxy) is 3. The smallest absolute Gasteiger partial charge is 0.322 e. The van der Waals surface area contributed by atoms with E-state index in [1.54, 1.807) is 6.92 Å². The molecule has 5 rings (SSSR count). The highest BCUT2D eigenvalue weighted by Crippen LogP contribution is 2.41. The monoisotopic (exact) mass is 548 g/mol. The Balaban J connectivity index is 1.10. The first-order valence-electron chi connectivity index (χ1n) is 13.6. The van der Waals surface area contributed by atoms with Crippen molar-refractivity contribution >= 4 is 23.4 Å². The zero-order chi connectivity index (χ0) is 27.0. The van der Waals surface area contributed by atoms with Crippen LogP contribution in [0.5, 0.6) is 11.5 Å². The summed E-state index contributed by atoms with van der Waals surface area (Å²) in [7, 11) is 0. The van der Waals surface area contributed by atoms with E-state index in [4.69, 9.17) is 14.2 Å². The van der Waals surface area contributed by atoms with Crippen molar-refractivity contribution in [2.24, 2.45) is 0 Å². The average molecular weight is 549 g/mol. The van der Waals surface area contributed by atoms with Gasteiger partial charge in [-0.05, 0) is 49.2 Å². The molecule has 8 heteroatoms. The molecule has 3 aromatic rings. The van der Waals surface area contributed by atoms with E-state index < -0.39 is 23.4 Å². The molecule has 1 saturated heterocycles. The number of aliphatic hydroxyl groups excluding tert-OH is 1. The molecule has 2 aliphatic rings. The third-order valence-electron chi connectivity index (χ3n) is 7.11. The summed E-state index contributed by atoms with van der Waals surface area (Å²) in [4.78, 5) is 18.6. The molecule has 0 radical (unpaired) electrons. The molecule has 7 nitrogen and oxygen atoms in total. The number of esters is 1. The van der Waals surface area contributed by atoms with Gasteiger partial charge in [-0.15, -0.1) is 11.8 Å². The van der Waals surface area contributed by atoms with Crippen LogP contribution >= 0.6 is 11.8 Å². The lowest BCUT2D eigenvalue weighted by atomic mass is 10.1. The van der Waals surface area contributed by atoms with Gasteiger partial charge in [0.1, 0.15) is 35.6 Å². The topological polar surface area (TPSA) is 71.5 Å². The molecule has 0 aliphatic carbocycles. The first-order chi connectivity index (χ1) is 19.1. The maximum absolute atomic E-state index is 13.1. The number of carbonyl (C=O) groups excluding carboxylic acids is 1. The minimum atomic E-state index is -0.991. The van der Waals surface area contributed by atoms with E-state index in [0.29, 0.717) is 24.7 Å². The Kier molecular flexibility index (Phi) is 9.29. The van der Waals surface area contributed by atoms with E-state index in [2.05, 4.69) is 34.1 Å². The Hall–Kier alpha value is -3.20. The maximum Gasteiger partial charge on any atom is 0.322 e. The van der Waals surface area contributed by atoms with Crippen molar-refractivity contribution < 1.29 is 24.1 Å². The second-order valence-electron chi connectivity index (χ2n) is 9.92. The molecule has 0 amide bonds. The Morgan fingerprint density at radius 2 is 1.72 bits per heavy atom. The number of benzene rings is 3. The fraction of sp³-hybridized carbons (Fsp3) is 0.387. The Labute approximate surface area is 234 Å². The van der Waals surface area contributed by atoms with E-state index in [1.165, 1.54) is 17.4 Å². The van der Waals surface area contributed by atoms with E-state index in [1.807, 2.05) is 54.6 Å². The normalized spacial score (nSPS) is 21.4. The summed E-state index contributed by atoms with van der Waals surface area (Å²) in [6, 6.07) is 26.0. The van der Waals surface area contributed by atoms with Gasteiger partial charge in [-0.1, -0.05) is 48.5 Å². The lowest BCUT2D eigenvalue weighted by molar-refractivity contribution is -0.146. The quantitative estimate of drug-likeness (QED) is 0.307. The molecule has 1 unspecified atom stereocenters. The number of para-hydroxylation sites is 1. The molecule has 1 N–H and O–H groups in total. The Morgan fingerprint density at radius 1 is 1.00 bits per heavy atom. The molecule has 2 aliphatic heterocycles. The zero-order valence-electron chi connectivity index (χ0n) is 22.3. The molecule has 3 atom stereocenters. The van der Waals surface area contributed by atoms with Gasteiger partial charge in [0.05, 0.1) is 11.5 Å². The van der Waals surface area contributed by atoms with Gasteiger partial charge >= 0.3 is 5.97 Å². The van der Waals surface area contributed by atoms with Crippen LogP contribution in [0.2, 0.25) is 0 Å². The first kappa shape index (κ1) is 27.4. The summed E-state index contributed by atoms with van der Waals surface area (Å²) in [5, 5.41) is 10.1. The maximum atomic E-state index is 13.1. The predicted molar refractivity (Wildman–Crippen MR) is 154 cm³/mol. The Morgan fingerprint density at radius 3 is 2.46 bits per heavy atom. The minimum absolute atomic E-state index is 0.323. The number of fused-ring (bicyclic) bond motifs is 1. The first-order valence-corrected chi connectivity index (χ1v) is 14.5. The molecular formula is C31H36N2O5S. The van der Waals surface area contributed by atoms with Crippen molar-refractivity contribution in [3.8, 4) is 11.5 Å². The van der Waals surface area contributed by atoms with Gasteiger partial charge in [0.15, 0.2) is 0 Å². The second kappa shape index (κ2) is 13.2.